The first kappa shape index (κ1) is 40.5. The molecular formula is C31H55N9O8. The Hall–Kier alpha value is -3.64. The molecular weight excluding hydrogens is 626 g/mol. The Morgan fingerprint density at radius 2 is 1.19 bits per heavy atom. The molecule has 1 aromatic carbocycles. The van der Waals surface area contributed by atoms with Crippen LogP contribution in [0.1, 0.15) is 33.6 Å². The second kappa shape index (κ2) is 21.4. The van der Waals surface area contributed by atoms with Gasteiger partial charge in [-0.05, 0) is 25.3 Å². The highest BCUT2D eigenvalue weighted by Crippen LogP contribution is 2.14. The van der Waals surface area contributed by atoms with Crippen molar-refractivity contribution < 1.29 is 29.4 Å². The van der Waals surface area contributed by atoms with Crippen molar-refractivity contribution in [1.82, 2.24) is 30.2 Å². The molecule has 0 radical (unpaired) electrons. The van der Waals surface area contributed by atoms with Crippen LogP contribution in [-0.2, 0) is 19.2 Å². The first-order valence-electron chi connectivity index (χ1n) is 16.8. The molecule has 0 saturated carbocycles. The van der Waals surface area contributed by atoms with Gasteiger partial charge in [-0.15, -0.1) is 0 Å². The van der Waals surface area contributed by atoms with Crippen LogP contribution in [0.2, 0.25) is 0 Å². The summed E-state index contributed by atoms with van der Waals surface area (Å²) in [5.74, 6) is -2.31. The molecule has 17 nitrogen and oxygen atoms in total. The summed E-state index contributed by atoms with van der Waals surface area (Å²) in [6, 6.07) is -0.995. The number of nitrogens with two attached hydrogens (primary N) is 1. The summed E-state index contributed by atoms with van der Waals surface area (Å²) in [7, 11) is 0. The Morgan fingerprint density at radius 1 is 0.729 bits per heavy atom. The van der Waals surface area contributed by atoms with E-state index in [0.29, 0.717) is 64.8 Å². The molecule has 1 fully saturated rings. The van der Waals surface area contributed by atoms with Crippen LogP contribution in [0.4, 0.5) is 11.4 Å². The Balaban J connectivity index is 1.91. The number of carboxylic acids is 2. The van der Waals surface area contributed by atoms with Gasteiger partial charge in [-0.3, -0.25) is 43.5 Å². The number of nitrogens with one attached hydrogen (secondary N) is 4. The molecule has 1 aliphatic rings. The van der Waals surface area contributed by atoms with Crippen LogP contribution in [0, 0.1) is 5.92 Å². The Bertz CT molecular complexity index is 1250. The largest absolute Gasteiger partial charge is 0.480 e. The summed E-state index contributed by atoms with van der Waals surface area (Å²) in [5.41, 5.74) is 5.11. The molecule has 0 aromatic heterocycles. The van der Waals surface area contributed by atoms with Crippen molar-refractivity contribution in [1.29, 1.82) is 0 Å². The highest BCUT2D eigenvalue weighted by Gasteiger charge is 2.24. The topological polar surface area (TPSA) is 230 Å². The van der Waals surface area contributed by atoms with E-state index in [4.69, 9.17) is 5.73 Å². The number of carbonyl (C=O) groups excluding carboxylic acids is 2. The van der Waals surface area contributed by atoms with Gasteiger partial charge >= 0.3 is 11.9 Å². The molecule has 1 heterocycles. The fraction of sp³-hybridized carbons (Fsp3) is 0.742. The summed E-state index contributed by atoms with van der Waals surface area (Å²) in [5, 5.41) is 30.0. The van der Waals surface area contributed by atoms with Gasteiger partial charge in [-0.25, -0.2) is 0 Å². The molecule has 48 heavy (non-hydrogen) atoms. The molecule has 0 aliphatic carbocycles. The molecule has 1 aromatic rings. The van der Waals surface area contributed by atoms with Gasteiger partial charge in [0.15, 0.2) is 0 Å². The van der Waals surface area contributed by atoms with Crippen LogP contribution < -0.4 is 37.9 Å². The van der Waals surface area contributed by atoms with Crippen LogP contribution in [0.3, 0.4) is 0 Å². The predicted octanol–water partition coefficient (Wildman–Crippen LogP) is -2.49. The molecule has 1 aliphatic heterocycles. The molecule has 0 bridgehead atoms. The molecule has 17 heteroatoms. The van der Waals surface area contributed by atoms with E-state index in [-0.39, 0.29) is 50.6 Å². The van der Waals surface area contributed by atoms with Crippen molar-refractivity contribution in [3.63, 3.8) is 0 Å². The third-order valence-corrected chi connectivity index (χ3v) is 8.25. The monoisotopic (exact) mass is 681 g/mol. The summed E-state index contributed by atoms with van der Waals surface area (Å²) >= 11 is 0. The van der Waals surface area contributed by atoms with Gasteiger partial charge in [-0.2, -0.15) is 0 Å². The lowest BCUT2D eigenvalue weighted by Gasteiger charge is -2.33. The van der Waals surface area contributed by atoms with Crippen LogP contribution in [-0.4, -0.2) is 164 Å². The van der Waals surface area contributed by atoms with Gasteiger partial charge in [0.2, 0.25) is 11.8 Å². The van der Waals surface area contributed by atoms with Crippen molar-refractivity contribution in [3.8, 4) is 0 Å². The van der Waals surface area contributed by atoms with Crippen molar-refractivity contribution >= 4 is 35.1 Å². The summed E-state index contributed by atoms with van der Waals surface area (Å²) < 4.78 is 0. The first-order valence-corrected chi connectivity index (χ1v) is 16.8. The van der Waals surface area contributed by atoms with Crippen molar-refractivity contribution in [2.45, 2.75) is 39.7 Å². The third kappa shape index (κ3) is 14.6. The zero-order valence-corrected chi connectivity index (χ0v) is 28.6. The number of carboxylic acid groups (broad SMARTS) is 2. The van der Waals surface area contributed by atoms with E-state index in [1.54, 1.807) is 9.80 Å². The predicted molar refractivity (Wildman–Crippen MR) is 183 cm³/mol. The number of nitrogens with zero attached hydrogens (tertiary/aromatic N) is 4. The second-order valence-corrected chi connectivity index (χ2v) is 12.5. The number of hydrogen-bond donors (Lipinski definition) is 7. The number of hydrogen-bond acceptors (Lipinski definition) is 13. The summed E-state index contributed by atoms with van der Waals surface area (Å²) in [4.78, 5) is 80.3. The van der Waals surface area contributed by atoms with Gasteiger partial charge in [0.25, 0.3) is 10.9 Å². The van der Waals surface area contributed by atoms with E-state index in [1.165, 1.54) is 0 Å². The lowest BCUT2D eigenvalue weighted by Crippen LogP contribution is -2.54. The highest BCUT2D eigenvalue weighted by atomic mass is 16.4. The fourth-order valence-corrected chi connectivity index (χ4v) is 5.38. The Kier molecular flexibility index (Phi) is 18.0. The third-order valence-electron chi connectivity index (χ3n) is 8.25. The molecule has 1 atom stereocenters. The lowest BCUT2D eigenvalue weighted by atomic mass is 10.1. The van der Waals surface area contributed by atoms with E-state index < -0.39 is 40.7 Å². The number of carbonyl (C=O) groups is 4. The zero-order chi connectivity index (χ0) is 35.6. The number of rotatable bonds is 19. The SMILES string of the molecule is CCN1CCN(CC(=O)O)CCN(CC(=O)O)CCN(CC(=O)NC(CN)C(=O)NCCNc2c(NCCCC(C)C)c(=O)c2=O)CC1. The molecule has 272 valence electrons. The normalized spacial score (nSPS) is 16.9. The van der Waals surface area contributed by atoms with E-state index in [1.807, 2.05) is 11.8 Å². The summed E-state index contributed by atoms with van der Waals surface area (Å²) in [6.07, 6.45) is 1.86. The molecule has 8 N–H and O–H groups in total. The highest BCUT2D eigenvalue weighted by molar-refractivity contribution is 5.88. The quantitative estimate of drug-likeness (QED) is 0.0592. The molecule has 2 rings (SSSR count). The lowest BCUT2D eigenvalue weighted by molar-refractivity contribution is -0.140. The van der Waals surface area contributed by atoms with Crippen LogP contribution in [0.25, 0.3) is 0 Å². The molecule has 1 unspecified atom stereocenters. The van der Waals surface area contributed by atoms with Gasteiger partial charge in [0, 0.05) is 78.5 Å². The smallest absolute Gasteiger partial charge is 0.317 e. The van der Waals surface area contributed by atoms with Gasteiger partial charge in [0.05, 0.1) is 19.6 Å². The van der Waals surface area contributed by atoms with Crippen molar-refractivity contribution in [2.24, 2.45) is 11.7 Å². The standard InChI is InChI=1S/C31H55N9O8/c1-4-37-10-12-38(14-15-40(21-26(44)45)17-16-39(13-11-37)20-25(42)43)19-24(41)36-23(18-32)31(48)35-9-8-34-28-27(29(46)30(28)47)33-7-5-6-22(2)3/h22-23,33-34H,4-21,32H2,1-3H3,(H,35,48)(H,36,41)(H,42,43)(H,44,45). The van der Waals surface area contributed by atoms with E-state index >= 15 is 0 Å². The Morgan fingerprint density at radius 3 is 1.62 bits per heavy atom. The van der Waals surface area contributed by atoms with E-state index in [2.05, 4.69) is 40.0 Å². The van der Waals surface area contributed by atoms with Gasteiger partial charge in [0.1, 0.15) is 17.4 Å². The summed E-state index contributed by atoms with van der Waals surface area (Å²) in [6.45, 7) is 11.0. The molecule has 2 amide bonds. The second-order valence-electron chi connectivity index (χ2n) is 12.5. The maximum Gasteiger partial charge on any atom is 0.317 e. The zero-order valence-electron chi connectivity index (χ0n) is 28.6. The van der Waals surface area contributed by atoms with Crippen molar-refractivity contribution in [2.75, 3.05) is 115 Å². The minimum Gasteiger partial charge on any atom is -0.480 e. The Labute approximate surface area is 281 Å². The minimum atomic E-state index is -1.00. The number of aliphatic carboxylic acids is 2. The van der Waals surface area contributed by atoms with Crippen LogP contribution in [0.5, 0.6) is 0 Å². The van der Waals surface area contributed by atoms with E-state index in [0.717, 1.165) is 19.4 Å². The maximum atomic E-state index is 13.1. The van der Waals surface area contributed by atoms with E-state index in [9.17, 15) is 39.0 Å². The van der Waals surface area contributed by atoms with Crippen LogP contribution in [0.15, 0.2) is 9.59 Å². The maximum absolute atomic E-state index is 13.1. The van der Waals surface area contributed by atoms with Crippen molar-refractivity contribution in [3.05, 3.63) is 20.4 Å². The number of anilines is 2. The fourth-order valence-electron chi connectivity index (χ4n) is 5.38. The number of amides is 2. The van der Waals surface area contributed by atoms with Gasteiger partial charge < -0.3 is 42.1 Å². The molecule has 0 spiro atoms. The van der Waals surface area contributed by atoms with Gasteiger partial charge in [-0.1, -0.05) is 20.8 Å². The average Bonchev–Trinajstić information content (AvgIpc) is 3.03. The average molecular weight is 682 g/mol. The minimum absolute atomic E-state index is 0.0355. The van der Waals surface area contributed by atoms with Crippen LogP contribution >= 0.6 is 0 Å². The molecule has 1 saturated heterocycles. The number of likely N-dealkylation sites (N-methyl/N-ethyl adjacent to an activating group) is 1. The first-order chi connectivity index (χ1) is 22.8.